The van der Waals surface area contributed by atoms with E-state index in [9.17, 15) is 10.2 Å². The summed E-state index contributed by atoms with van der Waals surface area (Å²) in [7, 11) is 0. The molecular weight excluding hydrogens is 250 g/mol. The predicted octanol–water partition coefficient (Wildman–Crippen LogP) is 3.82. The first-order valence-corrected chi connectivity index (χ1v) is 6.82. The van der Waals surface area contributed by atoms with Gasteiger partial charge >= 0.3 is 0 Å². The lowest BCUT2D eigenvalue weighted by Crippen LogP contribution is -2.22. The van der Waals surface area contributed by atoms with E-state index in [0.717, 1.165) is 5.56 Å². The van der Waals surface area contributed by atoms with Gasteiger partial charge in [0.15, 0.2) is 0 Å². The summed E-state index contributed by atoms with van der Waals surface area (Å²) in [5.41, 5.74) is 3.23. The van der Waals surface area contributed by atoms with E-state index >= 15 is 0 Å². The summed E-state index contributed by atoms with van der Waals surface area (Å²) in [5.74, 6) is 0.187. The first kappa shape index (κ1) is 14.4. The largest absolute Gasteiger partial charge is 0.508 e. The topological polar surface area (TPSA) is 52.5 Å². The maximum Gasteiger partial charge on any atom is 0.124 e. The summed E-state index contributed by atoms with van der Waals surface area (Å²) < 4.78 is 0. The first-order chi connectivity index (χ1) is 9.47. The number of nitrogens with one attached hydrogen (secondary N) is 1. The van der Waals surface area contributed by atoms with Gasteiger partial charge in [-0.2, -0.15) is 0 Å². The van der Waals surface area contributed by atoms with Crippen molar-refractivity contribution in [3.8, 4) is 11.5 Å². The SMILES string of the molecule is Cc1cccc([C@@H](C)NC(C)c2ccc(O)cc2O)c1. The summed E-state index contributed by atoms with van der Waals surface area (Å²) in [6, 6.07) is 13.2. The maximum absolute atomic E-state index is 9.89. The lowest BCUT2D eigenvalue weighted by atomic mass is 10.0. The number of aromatic hydroxyl groups is 2. The average Bonchev–Trinajstić information content (AvgIpc) is 2.38. The van der Waals surface area contributed by atoms with E-state index in [1.165, 1.54) is 17.2 Å². The van der Waals surface area contributed by atoms with Crippen LogP contribution >= 0.6 is 0 Å². The first-order valence-electron chi connectivity index (χ1n) is 6.82. The van der Waals surface area contributed by atoms with E-state index in [0.29, 0.717) is 0 Å². The maximum atomic E-state index is 9.89. The Hall–Kier alpha value is -2.00. The van der Waals surface area contributed by atoms with Crippen LogP contribution in [-0.4, -0.2) is 10.2 Å². The molecule has 2 aromatic carbocycles. The lowest BCUT2D eigenvalue weighted by molar-refractivity contribution is 0.427. The van der Waals surface area contributed by atoms with Gasteiger partial charge in [0.05, 0.1) is 0 Å². The van der Waals surface area contributed by atoms with Gasteiger partial charge < -0.3 is 15.5 Å². The molecule has 106 valence electrons. The van der Waals surface area contributed by atoms with E-state index in [2.05, 4.69) is 37.4 Å². The van der Waals surface area contributed by atoms with E-state index in [1.54, 1.807) is 12.1 Å². The molecule has 0 bridgehead atoms. The number of hydrogen-bond donors (Lipinski definition) is 3. The van der Waals surface area contributed by atoms with Crippen LogP contribution in [0, 0.1) is 6.92 Å². The van der Waals surface area contributed by atoms with Crippen molar-refractivity contribution in [2.45, 2.75) is 32.9 Å². The van der Waals surface area contributed by atoms with Crippen LogP contribution in [0.5, 0.6) is 11.5 Å². The Morgan fingerprint density at radius 1 is 0.950 bits per heavy atom. The molecule has 0 saturated carbocycles. The highest BCUT2D eigenvalue weighted by Gasteiger charge is 2.14. The fourth-order valence-electron chi connectivity index (χ4n) is 2.40. The molecule has 0 aliphatic rings. The molecule has 0 aromatic heterocycles. The van der Waals surface area contributed by atoms with E-state index in [-0.39, 0.29) is 23.6 Å². The standard InChI is InChI=1S/C17H21NO2/c1-11-5-4-6-14(9-11)12(2)18-13(3)16-8-7-15(19)10-17(16)20/h4-10,12-13,18-20H,1-3H3/t12-,13?/m1/s1. The summed E-state index contributed by atoms with van der Waals surface area (Å²) in [6.45, 7) is 6.17. The minimum atomic E-state index is -0.00823. The molecule has 0 spiro atoms. The molecule has 0 radical (unpaired) electrons. The third-order valence-corrected chi connectivity index (χ3v) is 3.52. The lowest BCUT2D eigenvalue weighted by Gasteiger charge is -2.22. The Balaban J connectivity index is 2.12. The smallest absolute Gasteiger partial charge is 0.124 e. The molecule has 0 aliphatic heterocycles. The fourth-order valence-corrected chi connectivity index (χ4v) is 2.40. The fraction of sp³-hybridized carbons (Fsp3) is 0.294. The Morgan fingerprint density at radius 2 is 1.70 bits per heavy atom. The molecule has 0 aliphatic carbocycles. The van der Waals surface area contributed by atoms with Gasteiger partial charge in [0.1, 0.15) is 11.5 Å². The number of benzene rings is 2. The summed E-state index contributed by atoms with van der Waals surface area (Å²) >= 11 is 0. The van der Waals surface area contributed by atoms with Gasteiger partial charge in [0.25, 0.3) is 0 Å². The summed E-state index contributed by atoms with van der Waals surface area (Å²) in [5, 5.41) is 22.7. The van der Waals surface area contributed by atoms with Crippen LogP contribution in [0.1, 0.15) is 42.6 Å². The normalized spacial score (nSPS) is 13.9. The molecule has 20 heavy (non-hydrogen) atoms. The van der Waals surface area contributed by atoms with Crippen LogP contribution in [0.2, 0.25) is 0 Å². The van der Waals surface area contributed by atoms with E-state index in [4.69, 9.17) is 0 Å². The number of aryl methyl sites for hydroxylation is 1. The molecule has 2 aromatic rings. The van der Waals surface area contributed by atoms with Crippen molar-refractivity contribution in [2.75, 3.05) is 0 Å². The van der Waals surface area contributed by atoms with Gasteiger partial charge in [-0.25, -0.2) is 0 Å². The summed E-state index contributed by atoms with van der Waals surface area (Å²) in [4.78, 5) is 0. The average molecular weight is 271 g/mol. The minimum Gasteiger partial charge on any atom is -0.508 e. The van der Waals surface area contributed by atoms with Crippen molar-refractivity contribution in [3.05, 3.63) is 59.2 Å². The second-order valence-corrected chi connectivity index (χ2v) is 5.27. The number of hydrogen-bond acceptors (Lipinski definition) is 3. The monoisotopic (exact) mass is 271 g/mol. The molecule has 0 heterocycles. The van der Waals surface area contributed by atoms with Crippen molar-refractivity contribution in [1.29, 1.82) is 0 Å². The molecule has 3 nitrogen and oxygen atoms in total. The number of phenolic OH excluding ortho intramolecular Hbond substituents is 2. The third kappa shape index (κ3) is 3.31. The highest BCUT2D eigenvalue weighted by atomic mass is 16.3. The summed E-state index contributed by atoms with van der Waals surface area (Å²) in [6.07, 6.45) is 0. The van der Waals surface area contributed by atoms with E-state index < -0.39 is 0 Å². The molecule has 2 atom stereocenters. The van der Waals surface area contributed by atoms with Crippen molar-refractivity contribution >= 4 is 0 Å². The number of rotatable bonds is 4. The minimum absolute atomic E-state index is 0.00823. The van der Waals surface area contributed by atoms with Crippen LogP contribution in [0.4, 0.5) is 0 Å². The van der Waals surface area contributed by atoms with Crippen LogP contribution in [0.15, 0.2) is 42.5 Å². The molecule has 3 N–H and O–H groups in total. The second-order valence-electron chi connectivity index (χ2n) is 5.27. The van der Waals surface area contributed by atoms with Crippen molar-refractivity contribution in [2.24, 2.45) is 0 Å². The zero-order chi connectivity index (χ0) is 14.7. The Labute approximate surface area is 119 Å². The molecule has 2 rings (SSSR count). The Kier molecular flexibility index (Phi) is 4.30. The molecule has 0 amide bonds. The second kappa shape index (κ2) is 5.97. The number of phenols is 2. The van der Waals surface area contributed by atoms with Gasteiger partial charge in [-0.1, -0.05) is 35.9 Å². The highest BCUT2D eigenvalue weighted by Crippen LogP contribution is 2.29. The van der Waals surface area contributed by atoms with Crippen molar-refractivity contribution < 1.29 is 10.2 Å². The van der Waals surface area contributed by atoms with Gasteiger partial charge in [0.2, 0.25) is 0 Å². The Morgan fingerprint density at radius 3 is 2.35 bits per heavy atom. The van der Waals surface area contributed by atoms with Gasteiger partial charge in [-0.05, 0) is 32.4 Å². The van der Waals surface area contributed by atoms with Crippen molar-refractivity contribution in [1.82, 2.24) is 5.32 Å². The van der Waals surface area contributed by atoms with Crippen LogP contribution < -0.4 is 5.32 Å². The zero-order valence-corrected chi connectivity index (χ0v) is 12.1. The molecule has 0 fully saturated rings. The van der Waals surface area contributed by atoms with E-state index in [1.807, 2.05) is 13.0 Å². The van der Waals surface area contributed by atoms with Crippen LogP contribution in [-0.2, 0) is 0 Å². The van der Waals surface area contributed by atoms with Gasteiger partial charge in [0, 0.05) is 23.7 Å². The molecule has 3 heteroatoms. The highest BCUT2D eigenvalue weighted by molar-refractivity contribution is 5.40. The zero-order valence-electron chi connectivity index (χ0n) is 12.1. The molecule has 1 unspecified atom stereocenters. The van der Waals surface area contributed by atoms with Gasteiger partial charge in [-0.15, -0.1) is 0 Å². The molecule has 0 saturated heterocycles. The van der Waals surface area contributed by atoms with Crippen LogP contribution in [0.3, 0.4) is 0 Å². The third-order valence-electron chi connectivity index (χ3n) is 3.52. The van der Waals surface area contributed by atoms with Crippen LogP contribution in [0.25, 0.3) is 0 Å². The van der Waals surface area contributed by atoms with Gasteiger partial charge in [-0.3, -0.25) is 0 Å². The predicted molar refractivity (Wildman–Crippen MR) is 80.9 cm³/mol. The quantitative estimate of drug-likeness (QED) is 0.792. The molecular formula is C17H21NO2. The van der Waals surface area contributed by atoms with Crippen molar-refractivity contribution in [3.63, 3.8) is 0 Å². The Bertz CT molecular complexity index is 595.